The van der Waals surface area contributed by atoms with Crippen molar-refractivity contribution in [1.29, 1.82) is 0 Å². The van der Waals surface area contributed by atoms with E-state index in [4.69, 9.17) is 9.47 Å². The number of ether oxygens (including phenoxy) is 2. The largest absolute Gasteiger partial charge is 0.496 e. The third-order valence-electron chi connectivity index (χ3n) is 4.63. The zero-order valence-corrected chi connectivity index (χ0v) is 17.8. The van der Waals surface area contributed by atoms with Crippen LogP contribution in [0.2, 0.25) is 0 Å². The molecule has 0 aliphatic carbocycles. The molecule has 5 nitrogen and oxygen atoms in total. The summed E-state index contributed by atoms with van der Waals surface area (Å²) in [4.78, 5) is 26.3. The predicted octanol–water partition coefficient (Wildman–Crippen LogP) is 6.11. The average Bonchev–Trinajstić information content (AvgIpc) is 2.74. The second kappa shape index (κ2) is 8.97. The van der Waals surface area contributed by atoms with E-state index in [1.807, 2.05) is 0 Å². The van der Waals surface area contributed by atoms with Gasteiger partial charge in [-0.1, -0.05) is 19.1 Å². The van der Waals surface area contributed by atoms with E-state index < -0.39 is 59.0 Å². The fourth-order valence-corrected chi connectivity index (χ4v) is 5.00. The Morgan fingerprint density at radius 1 is 0.781 bits per heavy atom. The molecule has 174 valence electrons. The molecule has 0 saturated carbocycles. The van der Waals surface area contributed by atoms with Gasteiger partial charge in [-0.2, -0.15) is 26.3 Å². The lowest BCUT2D eigenvalue weighted by Gasteiger charge is -2.22. The predicted molar refractivity (Wildman–Crippen MR) is 103 cm³/mol. The van der Waals surface area contributed by atoms with Crippen molar-refractivity contribution in [2.24, 2.45) is 0 Å². The van der Waals surface area contributed by atoms with Gasteiger partial charge >= 0.3 is 12.4 Å². The summed E-state index contributed by atoms with van der Waals surface area (Å²) in [5, 5.41) is 0. The number of rotatable bonds is 7. The Morgan fingerprint density at radius 3 is 1.50 bits per heavy atom. The van der Waals surface area contributed by atoms with Gasteiger partial charge < -0.3 is 14.0 Å². The number of carbonyl (C=O) groups excluding carboxylic acids is 2. The molecule has 0 N–H and O–H groups in total. The van der Waals surface area contributed by atoms with Crippen molar-refractivity contribution in [3.05, 3.63) is 58.7 Å². The Morgan fingerprint density at radius 2 is 1.16 bits per heavy atom. The minimum Gasteiger partial charge on any atom is -0.496 e. The lowest BCUT2D eigenvalue weighted by Crippen LogP contribution is -2.23. The molecule has 1 unspecified atom stereocenters. The van der Waals surface area contributed by atoms with E-state index in [0.29, 0.717) is 6.07 Å². The highest BCUT2D eigenvalue weighted by Crippen LogP contribution is 2.56. The highest BCUT2D eigenvalue weighted by atomic mass is 31.2. The Kier molecular flexibility index (Phi) is 7.14. The summed E-state index contributed by atoms with van der Waals surface area (Å²) in [6.45, 7) is 1.06. The lowest BCUT2D eigenvalue weighted by molar-refractivity contribution is -0.143. The van der Waals surface area contributed by atoms with Gasteiger partial charge in [0.15, 0.2) is 0 Å². The maximum Gasteiger partial charge on any atom is 0.417 e. The van der Waals surface area contributed by atoms with Crippen molar-refractivity contribution in [3.8, 4) is 11.5 Å². The summed E-state index contributed by atoms with van der Waals surface area (Å²) in [6.07, 6.45) is -11.6. The number of hydrogen-bond acceptors (Lipinski definition) is 5. The van der Waals surface area contributed by atoms with Crippen molar-refractivity contribution in [2.75, 3.05) is 20.4 Å². The fourth-order valence-electron chi connectivity index (χ4n) is 3.06. The molecule has 0 heterocycles. The summed E-state index contributed by atoms with van der Waals surface area (Å²) >= 11 is 0. The Bertz CT molecular complexity index is 1040. The first kappa shape index (κ1) is 25.5. The molecule has 2 aromatic rings. The Hall–Kier alpha value is -2.81. The quantitative estimate of drug-likeness (QED) is 0.352. The van der Waals surface area contributed by atoms with Crippen LogP contribution in [0.4, 0.5) is 26.3 Å². The molecule has 1 atom stereocenters. The molecule has 2 rings (SSSR count). The number of benzene rings is 2. The minimum absolute atomic E-state index is 0.212. The molecule has 0 aliphatic heterocycles. The second-order valence-electron chi connectivity index (χ2n) is 6.43. The van der Waals surface area contributed by atoms with Crippen molar-refractivity contribution < 1.29 is 50.0 Å². The van der Waals surface area contributed by atoms with Gasteiger partial charge in [0.2, 0.25) is 18.2 Å². The first-order valence-corrected chi connectivity index (χ1v) is 10.8. The summed E-state index contributed by atoms with van der Waals surface area (Å²) in [5.74, 6) is -0.424. The van der Waals surface area contributed by atoms with Gasteiger partial charge in [-0.25, -0.2) is 0 Å². The van der Waals surface area contributed by atoms with Gasteiger partial charge in [0.25, 0.3) is 0 Å². The van der Waals surface area contributed by atoms with E-state index in [0.717, 1.165) is 21.1 Å². The molecule has 12 heteroatoms. The van der Waals surface area contributed by atoms with Crippen LogP contribution in [0.25, 0.3) is 0 Å². The Labute approximate surface area is 178 Å². The SMILES string of the molecule is CCP(=O)(C(=O)c1c(OC)cccc1OC)C(=O)c1c(C(F)(F)F)cccc1C(F)(F)F. The summed E-state index contributed by atoms with van der Waals surface area (Å²) in [6, 6.07) is 4.86. The van der Waals surface area contributed by atoms with Gasteiger partial charge in [0, 0.05) is 6.16 Å². The fraction of sp³-hybridized carbons (Fsp3) is 0.300. The zero-order chi connectivity index (χ0) is 24.5. The molecule has 2 aromatic carbocycles. The van der Waals surface area contributed by atoms with Crippen LogP contribution in [0.5, 0.6) is 11.5 Å². The average molecular weight is 482 g/mol. The molecule has 0 amide bonds. The van der Waals surface area contributed by atoms with E-state index >= 15 is 0 Å². The van der Waals surface area contributed by atoms with E-state index in [-0.39, 0.29) is 23.6 Å². The van der Waals surface area contributed by atoms with E-state index in [1.165, 1.54) is 18.2 Å². The van der Waals surface area contributed by atoms with Gasteiger partial charge in [0.05, 0.1) is 30.9 Å². The van der Waals surface area contributed by atoms with E-state index in [2.05, 4.69) is 0 Å². The van der Waals surface area contributed by atoms with Crippen molar-refractivity contribution in [2.45, 2.75) is 19.3 Å². The van der Waals surface area contributed by atoms with Gasteiger partial charge in [0.1, 0.15) is 17.1 Å². The summed E-state index contributed by atoms with van der Waals surface area (Å²) in [5.41, 5.74) is -9.77. The zero-order valence-electron chi connectivity index (χ0n) is 16.9. The Balaban J connectivity index is 2.85. The number of hydrogen-bond donors (Lipinski definition) is 0. The first-order chi connectivity index (χ1) is 14.7. The molecule has 0 radical (unpaired) electrons. The van der Waals surface area contributed by atoms with Crippen molar-refractivity contribution in [3.63, 3.8) is 0 Å². The van der Waals surface area contributed by atoms with Gasteiger partial charge in [-0.05, 0) is 24.3 Å². The number of methoxy groups -OCH3 is 2. The molecule has 0 saturated heterocycles. The third-order valence-corrected chi connectivity index (χ3v) is 7.28. The molecule has 0 aliphatic rings. The third kappa shape index (κ3) is 4.53. The summed E-state index contributed by atoms with van der Waals surface area (Å²) in [7, 11) is -2.78. The smallest absolute Gasteiger partial charge is 0.417 e. The van der Waals surface area contributed by atoms with Crippen LogP contribution in [0.3, 0.4) is 0 Å². The normalized spacial score (nSPS) is 13.9. The van der Waals surface area contributed by atoms with Crippen LogP contribution in [0, 0.1) is 0 Å². The van der Waals surface area contributed by atoms with Crippen molar-refractivity contribution in [1.82, 2.24) is 0 Å². The van der Waals surface area contributed by atoms with Crippen LogP contribution < -0.4 is 9.47 Å². The molecule has 0 aromatic heterocycles. The molecule has 32 heavy (non-hydrogen) atoms. The van der Waals surface area contributed by atoms with E-state index in [1.54, 1.807) is 0 Å². The van der Waals surface area contributed by atoms with Crippen molar-refractivity contribution >= 4 is 18.2 Å². The molecular weight excluding hydrogens is 465 g/mol. The number of alkyl halides is 6. The van der Waals surface area contributed by atoms with Gasteiger partial charge in [-0.15, -0.1) is 0 Å². The van der Waals surface area contributed by atoms with Crippen LogP contribution in [-0.4, -0.2) is 31.4 Å². The monoisotopic (exact) mass is 482 g/mol. The van der Waals surface area contributed by atoms with Crippen LogP contribution in [0.1, 0.15) is 38.8 Å². The highest BCUT2D eigenvalue weighted by Gasteiger charge is 2.49. The van der Waals surface area contributed by atoms with Crippen LogP contribution in [-0.2, 0) is 16.9 Å². The summed E-state index contributed by atoms with van der Waals surface area (Å²) < 4.78 is 105. The second-order valence-corrected chi connectivity index (χ2v) is 9.35. The van der Waals surface area contributed by atoms with Gasteiger partial charge in [-0.3, -0.25) is 9.59 Å². The first-order valence-electron chi connectivity index (χ1n) is 8.91. The number of carbonyl (C=O) groups is 2. The van der Waals surface area contributed by atoms with E-state index in [9.17, 15) is 40.5 Å². The number of halogens is 6. The highest BCUT2D eigenvalue weighted by molar-refractivity contribution is 7.95. The molecule has 0 spiro atoms. The van der Waals surface area contributed by atoms with Crippen LogP contribution in [0.15, 0.2) is 36.4 Å². The van der Waals surface area contributed by atoms with Crippen LogP contribution >= 0.6 is 7.14 Å². The minimum atomic E-state index is -5.38. The maximum absolute atomic E-state index is 13.5. The molecule has 0 fully saturated rings. The lowest BCUT2D eigenvalue weighted by atomic mass is 10.0. The standard InChI is InChI=1S/C20H17F6O5P/c1-4-32(29,18(28)16-13(30-2)9-6-10-14(16)31-3)17(27)15-11(19(21,22)23)7-5-8-12(15)20(24,25)26/h5-10H,4H2,1-3H3. The topological polar surface area (TPSA) is 69.7 Å². The maximum atomic E-state index is 13.5. The molecule has 0 bridgehead atoms. The molecular formula is C20H17F6O5P.